The summed E-state index contributed by atoms with van der Waals surface area (Å²) >= 11 is 0. The third kappa shape index (κ3) is 4.72. The molecule has 25 heavy (non-hydrogen) atoms. The van der Waals surface area contributed by atoms with Crippen LogP contribution in [0.5, 0.6) is 5.75 Å². The summed E-state index contributed by atoms with van der Waals surface area (Å²) in [6, 6.07) is 10.4. The molecule has 2 rings (SSSR count). The maximum Gasteiger partial charge on any atom is 0.437 e. The number of oxime groups is 1. The Kier molecular flexibility index (Phi) is 5.36. The molecule has 134 valence electrons. The molecular weight excluding hydrogens is 359 g/mol. The number of hydrogen-bond donors (Lipinski definition) is 0. The zero-order valence-corrected chi connectivity index (χ0v) is 14.1. The second-order valence-electron chi connectivity index (χ2n) is 5.01. The largest absolute Gasteiger partial charge is 0.497 e. The third-order valence-corrected chi connectivity index (χ3v) is 4.27. The standard InChI is InChI=1S/C16H14F3NO4S/c1-11-6-8-14(9-7-11)25(21,22)24-20-15(16(17,18)19)12-4-3-5-13(10-12)23-2/h3-10H,1-2H3/b20-15-. The van der Waals surface area contributed by atoms with Crippen molar-refractivity contribution in [2.45, 2.75) is 18.0 Å². The summed E-state index contributed by atoms with van der Waals surface area (Å²) < 4.78 is 72.8. The molecule has 0 unspecified atom stereocenters. The number of ether oxygens (including phenoxy) is 1. The van der Waals surface area contributed by atoms with Crippen LogP contribution in [-0.4, -0.2) is 27.4 Å². The number of alkyl halides is 3. The van der Waals surface area contributed by atoms with E-state index in [4.69, 9.17) is 4.74 Å². The van der Waals surface area contributed by atoms with E-state index in [2.05, 4.69) is 9.44 Å². The van der Waals surface area contributed by atoms with E-state index in [-0.39, 0.29) is 16.2 Å². The molecule has 0 saturated carbocycles. The average molecular weight is 373 g/mol. The zero-order chi connectivity index (χ0) is 18.7. The Hall–Kier alpha value is -2.55. The molecule has 0 atom stereocenters. The van der Waals surface area contributed by atoms with Gasteiger partial charge in [-0.05, 0) is 31.2 Å². The quantitative estimate of drug-likeness (QED) is 0.592. The predicted octanol–water partition coefficient (Wildman–Crippen LogP) is 3.68. The van der Waals surface area contributed by atoms with E-state index in [9.17, 15) is 21.6 Å². The van der Waals surface area contributed by atoms with E-state index >= 15 is 0 Å². The lowest BCUT2D eigenvalue weighted by molar-refractivity contribution is -0.0597. The molecule has 0 amide bonds. The topological polar surface area (TPSA) is 65.0 Å². The van der Waals surface area contributed by atoms with Crippen molar-refractivity contribution >= 4 is 15.8 Å². The van der Waals surface area contributed by atoms with Crippen LogP contribution in [0.2, 0.25) is 0 Å². The highest BCUT2D eigenvalue weighted by molar-refractivity contribution is 7.86. The second-order valence-corrected chi connectivity index (χ2v) is 6.54. The van der Waals surface area contributed by atoms with Crippen LogP contribution in [0.15, 0.2) is 58.6 Å². The Morgan fingerprint density at radius 2 is 1.72 bits per heavy atom. The lowest BCUT2D eigenvalue weighted by Gasteiger charge is -2.11. The molecular formula is C16H14F3NO4S. The van der Waals surface area contributed by atoms with Gasteiger partial charge in [0.2, 0.25) is 0 Å². The van der Waals surface area contributed by atoms with E-state index < -0.39 is 22.0 Å². The van der Waals surface area contributed by atoms with Crippen LogP contribution in [0.1, 0.15) is 11.1 Å². The smallest absolute Gasteiger partial charge is 0.437 e. The molecule has 2 aromatic rings. The number of hydrogen-bond acceptors (Lipinski definition) is 5. The molecule has 0 aliphatic carbocycles. The van der Waals surface area contributed by atoms with Crippen molar-refractivity contribution in [2.24, 2.45) is 5.16 Å². The van der Waals surface area contributed by atoms with E-state index in [0.29, 0.717) is 0 Å². The molecule has 0 fully saturated rings. The van der Waals surface area contributed by atoms with Gasteiger partial charge in [0.1, 0.15) is 10.6 Å². The van der Waals surface area contributed by atoms with Crippen LogP contribution in [0, 0.1) is 6.92 Å². The molecule has 2 aromatic carbocycles. The molecule has 0 spiro atoms. The number of benzene rings is 2. The lowest BCUT2D eigenvalue weighted by Crippen LogP contribution is -2.25. The number of rotatable bonds is 5. The molecule has 5 nitrogen and oxygen atoms in total. The van der Waals surface area contributed by atoms with Crippen molar-refractivity contribution in [2.75, 3.05) is 7.11 Å². The fourth-order valence-electron chi connectivity index (χ4n) is 1.87. The monoisotopic (exact) mass is 373 g/mol. The average Bonchev–Trinajstić information content (AvgIpc) is 2.54. The Bertz CT molecular complexity index is 875. The molecule has 0 aliphatic rings. The van der Waals surface area contributed by atoms with Gasteiger partial charge >= 0.3 is 16.3 Å². The lowest BCUT2D eigenvalue weighted by atomic mass is 10.1. The Balaban J connectivity index is 2.40. The van der Waals surface area contributed by atoms with Gasteiger partial charge in [0, 0.05) is 5.56 Å². The summed E-state index contributed by atoms with van der Waals surface area (Å²) in [7, 11) is -3.18. The summed E-state index contributed by atoms with van der Waals surface area (Å²) in [5, 5.41) is 2.86. The van der Waals surface area contributed by atoms with Crippen molar-refractivity contribution in [3.8, 4) is 5.75 Å². The summed E-state index contributed by atoms with van der Waals surface area (Å²) in [5.41, 5.74) is -1.08. The van der Waals surface area contributed by atoms with Gasteiger partial charge in [0.25, 0.3) is 0 Å². The Labute approximate surface area is 142 Å². The minimum atomic E-state index is -4.92. The van der Waals surface area contributed by atoms with Gasteiger partial charge in [-0.1, -0.05) is 35.0 Å². The maximum absolute atomic E-state index is 13.2. The van der Waals surface area contributed by atoms with Crippen molar-refractivity contribution in [3.63, 3.8) is 0 Å². The first-order chi connectivity index (χ1) is 11.6. The molecule has 0 bridgehead atoms. The van der Waals surface area contributed by atoms with Crippen molar-refractivity contribution < 1.29 is 30.6 Å². The number of methoxy groups -OCH3 is 1. The molecule has 0 saturated heterocycles. The van der Waals surface area contributed by atoms with Crippen molar-refractivity contribution in [1.29, 1.82) is 0 Å². The fraction of sp³-hybridized carbons (Fsp3) is 0.188. The molecule has 0 aromatic heterocycles. The summed E-state index contributed by atoms with van der Waals surface area (Å²) in [4.78, 5) is -0.297. The van der Waals surface area contributed by atoms with Crippen LogP contribution >= 0.6 is 0 Å². The van der Waals surface area contributed by atoms with Gasteiger partial charge in [0.05, 0.1) is 7.11 Å². The fourth-order valence-corrected chi connectivity index (χ4v) is 2.60. The van der Waals surface area contributed by atoms with Crippen LogP contribution in [0.3, 0.4) is 0 Å². The number of aryl methyl sites for hydroxylation is 1. The number of halogens is 3. The third-order valence-electron chi connectivity index (χ3n) is 3.15. The normalized spacial score (nSPS) is 12.8. The van der Waals surface area contributed by atoms with Crippen LogP contribution in [0.4, 0.5) is 13.2 Å². The van der Waals surface area contributed by atoms with Crippen LogP contribution < -0.4 is 4.74 Å². The molecule has 0 N–H and O–H groups in total. The highest BCUT2D eigenvalue weighted by Gasteiger charge is 2.38. The second kappa shape index (κ2) is 7.14. The van der Waals surface area contributed by atoms with Gasteiger partial charge in [-0.3, -0.25) is 4.28 Å². The maximum atomic E-state index is 13.2. The van der Waals surface area contributed by atoms with E-state index in [1.807, 2.05) is 0 Å². The molecule has 0 aliphatic heterocycles. The Morgan fingerprint density at radius 3 is 2.28 bits per heavy atom. The SMILES string of the molecule is COc1cccc(/C(=N/OS(=O)(=O)c2ccc(C)cc2)C(F)(F)F)c1. The Morgan fingerprint density at radius 1 is 1.08 bits per heavy atom. The number of nitrogens with zero attached hydrogens (tertiary/aromatic N) is 1. The molecule has 0 radical (unpaired) electrons. The highest BCUT2D eigenvalue weighted by atomic mass is 32.2. The van der Waals surface area contributed by atoms with Gasteiger partial charge in [0.15, 0.2) is 5.71 Å². The molecule has 9 heteroatoms. The highest BCUT2D eigenvalue weighted by Crippen LogP contribution is 2.26. The summed E-state index contributed by atoms with van der Waals surface area (Å²) in [6.07, 6.45) is -4.92. The van der Waals surface area contributed by atoms with Crippen LogP contribution in [-0.2, 0) is 14.4 Å². The van der Waals surface area contributed by atoms with Crippen molar-refractivity contribution in [1.82, 2.24) is 0 Å². The van der Waals surface area contributed by atoms with E-state index in [0.717, 1.165) is 17.7 Å². The van der Waals surface area contributed by atoms with Gasteiger partial charge in [-0.25, -0.2) is 0 Å². The minimum Gasteiger partial charge on any atom is -0.497 e. The summed E-state index contributed by atoms with van der Waals surface area (Å²) in [6.45, 7) is 1.74. The van der Waals surface area contributed by atoms with Gasteiger partial charge < -0.3 is 4.74 Å². The zero-order valence-electron chi connectivity index (χ0n) is 13.2. The van der Waals surface area contributed by atoms with Crippen LogP contribution in [0.25, 0.3) is 0 Å². The molecule has 0 heterocycles. The van der Waals surface area contributed by atoms with E-state index in [1.165, 1.54) is 43.5 Å². The first-order valence-corrected chi connectivity index (χ1v) is 8.34. The van der Waals surface area contributed by atoms with Crippen molar-refractivity contribution in [3.05, 3.63) is 59.7 Å². The summed E-state index contributed by atoms with van der Waals surface area (Å²) in [5.74, 6) is 0.163. The van der Waals surface area contributed by atoms with Gasteiger partial charge in [-0.15, -0.1) is 0 Å². The minimum absolute atomic E-state index is 0.163. The first kappa shape index (κ1) is 18.8. The first-order valence-electron chi connectivity index (χ1n) is 6.93. The van der Waals surface area contributed by atoms with E-state index in [1.54, 1.807) is 6.92 Å². The van der Waals surface area contributed by atoms with Gasteiger partial charge in [-0.2, -0.15) is 21.6 Å². The predicted molar refractivity (Wildman–Crippen MR) is 85.0 cm³/mol.